The highest BCUT2D eigenvalue weighted by Crippen LogP contribution is 2.42. The number of nitrogen functional groups attached to an aromatic ring is 1. The summed E-state index contributed by atoms with van der Waals surface area (Å²) in [7, 11) is 0. The predicted molar refractivity (Wildman–Crippen MR) is 75.7 cm³/mol. The fourth-order valence-corrected chi connectivity index (χ4v) is 2.82. The highest BCUT2D eigenvalue weighted by Gasteiger charge is 2.41. The molecule has 0 aliphatic carbocycles. The van der Waals surface area contributed by atoms with E-state index in [1.165, 1.54) is 0 Å². The lowest BCUT2D eigenvalue weighted by Gasteiger charge is -2.28. The minimum absolute atomic E-state index is 0.191. The Labute approximate surface area is 119 Å². The second-order valence-corrected chi connectivity index (χ2v) is 6.36. The van der Waals surface area contributed by atoms with E-state index in [9.17, 15) is 10.1 Å². The number of rotatable bonds is 0. The summed E-state index contributed by atoms with van der Waals surface area (Å²) < 4.78 is 0.539. The van der Waals surface area contributed by atoms with Gasteiger partial charge in [0, 0.05) is 5.56 Å². The van der Waals surface area contributed by atoms with Crippen LogP contribution in [0.5, 0.6) is 0 Å². The van der Waals surface area contributed by atoms with Gasteiger partial charge in [0.15, 0.2) is 0 Å². The number of nitriles is 1. The zero-order valence-corrected chi connectivity index (χ0v) is 12.5. The van der Waals surface area contributed by atoms with Gasteiger partial charge in [0.1, 0.15) is 15.6 Å². The number of halogens is 1. The standard InChI is InChI=1S/C12H13IN4O/c1-12(2,3)8-6-5(4-14)9(13)17-10(15)7(6)11(18)16-8/h8H,1-3H3,(H2,15,17)(H,16,18). The van der Waals surface area contributed by atoms with Gasteiger partial charge in [-0.05, 0) is 28.0 Å². The number of aromatic nitrogens is 1. The van der Waals surface area contributed by atoms with Gasteiger partial charge in [0.25, 0.3) is 5.91 Å². The molecule has 1 unspecified atom stereocenters. The van der Waals surface area contributed by atoms with Crippen molar-refractivity contribution in [3.05, 3.63) is 20.4 Å². The molecule has 5 nitrogen and oxygen atoms in total. The van der Waals surface area contributed by atoms with Crippen molar-refractivity contribution in [2.45, 2.75) is 26.8 Å². The number of carbonyl (C=O) groups excluding carboxylic acids is 1. The molecule has 0 bridgehead atoms. The highest BCUT2D eigenvalue weighted by molar-refractivity contribution is 14.1. The summed E-state index contributed by atoms with van der Waals surface area (Å²) in [6.45, 7) is 6.03. The Kier molecular flexibility index (Phi) is 2.97. The smallest absolute Gasteiger partial charge is 0.255 e. The van der Waals surface area contributed by atoms with Gasteiger partial charge in [-0.1, -0.05) is 20.8 Å². The highest BCUT2D eigenvalue weighted by atomic mass is 127. The maximum absolute atomic E-state index is 12.0. The van der Waals surface area contributed by atoms with E-state index in [4.69, 9.17) is 5.73 Å². The molecule has 1 amide bonds. The first-order chi connectivity index (χ1) is 8.27. The Morgan fingerprint density at radius 2 is 2.11 bits per heavy atom. The molecule has 0 saturated heterocycles. The molecule has 0 spiro atoms. The molecule has 1 aliphatic rings. The number of anilines is 1. The number of nitrogens with two attached hydrogens (primary N) is 1. The van der Waals surface area contributed by atoms with E-state index in [0.717, 1.165) is 0 Å². The topological polar surface area (TPSA) is 91.8 Å². The van der Waals surface area contributed by atoms with Gasteiger partial charge in [0.2, 0.25) is 0 Å². The van der Waals surface area contributed by atoms with Crippen molar-refractivity contribution in [2.24, 2.45) is 5.41 Å². The monoisotopic (exact) mass is 356 g/mol. The molecule has 94 valence electrons. The maximum atomic E-state index is 12.0. The number of fused-ring (bicyclic) bond motifs is 1. The molecule has 3 N–H and O–H groups in total. The second-order valence-electron chi connectivity index (χ2n) is 5.34. The van der Waals surface area contributed by atoms with Crippen LogP contribution in [-0.2, 0) is 0 Å². The first kappa shape index (κ1) is 13.1. The summed E-state index contributed by atoms with van der Waals surface area (Å²) in [6, 6.07) is 1.91. The molecule has 0 fully saturated rings. The number of nitrogens with zero attached hydrogens (tertiary/aromatic N) is 2. The normalized spacial score (nSPS) is 18.2. The van der Waals surface area contributed by atoms with E-state index in [-0.39, 0.29) is 23.2 Å². The molecule has 1 aromatic rings. The molecule has 0 saturated carbocycles. The molecule has 1 atom stereocenters. The van der Waals surface area contributed by atoms with Gasteiger partial charge in [-0.15, -0.1) is 0 Å². The minimum Gasteiger partial charge on any atom is -0.383 e. The molecular formula is C12H13IN4O. The quantitative estimate of drug-likeness (QED) is 0.549. The first-order valence-corrected chi connectivity index (χ1v) is 6.55. The first-order valence-electron chi connectivity index (χ1n) is 5.47. The van der Waals surface area contributed by atoms with Crippen LogP contribution in [-0.4, -0.2) is 10.9 Å². The van der Waals surface area contributed by atoms with Gasteiger partial charge in [-0.25, -0.2) is 4.98 Å². The van der Waals surface area contributed by atoms with Crippen LogP contribution in [0.1, 0.15) is 48.3 Å². The average molecular weight is 356 g/mol. The Morgan fingerprint density at radius 1 is 1.50 bits per heavy atom. The molecule has 1 aliphatic heterocycles. The van der Waals surface area contributed by atoms with E-state index in [2.05, 4.69) is 16.4 Å². The Morgan fingerprint density at radius 3 is 2.61 bits per heavy atom. The Bertz CT molecular complexity index is 583. The van der Waals surface area contributed by atoms with Crippen LogP contribution in [0.4, 0.5) is 5.82 Å². The zero-order chi connectivity index (χ0) is 13.7. The van der Waals surface area contributed by atoms with E-state index >= 15 is 0 Å². The van der Waals surface area contributed by atoms with Gasteiger partial charge < -0.3 is 11.1 Å². The van der Waals surface area contributed by atoms with Gasteiger partial charge in [-0.2, -0.15) is 5.26 Å². The molecule has 1 aromatic heterocycles. The van der Waals surface area contributed by atoms with Crippen molar-refractivity contribution in [1.82, 2.24) is 10.3 Å². The molecule has 0 radical (unpaired) electrons. The minimum atomic E-state index is -0.247. The van der Waals surface area contributed by atoms with Crippen molar-refractivity contribution >= 4 is 34.3 Å². The van der Waals surface area contributed by atoms with Crippen LogP contribution in [0.2, 0.25) is 0 Å². The van der Waals surface area contributed by atoms with Crippen molar-refractivity contribution in [1.29, 1.82) is 5.26 Å². The number of hydrogen-bond donors (Lipinski definition) is 2. The van der Waals surface area contributed by atoms with Crippen molar-refractivity contribution in [2.75, 3.05) is 5.73 Å². The third kappa shape index (κ3) is 1.82. The summed E-state index contributed by atoms with van der Waals surface area (Å²) >= 11 is 1.97. The second kappa shape index (κ2) is 4.09. The molecule has 18 heavy (non-hydrogen) atoms. The Hall–Kier alpha value is -1.36. The molecule has 6 heteroatoms. The summed E-state index contributed by atoms with van der Waals surface area (Å²) in [4.78, 5) is 16.0. The van der Waals surface area contributed by atoms with E-state index in [0.29, 0.717) is 20.4 Å². The number of pyridine rings is 1. The maximum Gasteiger partial charge on any atom is 0.255 e. The lowest BCUT2D eigenvalue weighted by molar-refractivity contribution is 0.0933. The molecule has 2 heterocycles. The molecule has 0 aromatic carbocycles. The van der Waals surface area contributed by atoms with Gasteiger partial charge in [0.05, 0.1) is 17.2 Å². The van der Waals surface area contributed by atoms with Crippen LogP contribution in [0.25, 0.3) is 0 Å². The van der Waals surface area contributed by atoms with Crippen molar-refractivity contribution in [3.8, 4) is 6.07 Å². The number of carbonyl (C=O) groups is 1. The van der Waals surface area contributed by atoms with Gasteiger partial charge in [-0.3, -0.25) is 4.79 Å². The van der Waals surface area contributed by atoms with Crippen molar-refractivity contribution < 1.29 is 4.79 Å². The van der Waals surface area contributed by atoms with E-state index < -0.39 is 0 Å². The van der Waals surface area contributed by atoms with Crippen LogP contribution < -0.4 is 11.1 Å². The average Bonchev–Trinajstić information content (AvgIpc) is 2.56. The lowest BCUT2D eigenvalue weighted by Crippen LogP contribution is -2.30. The zero-order valence-electron chi connectivity index (χ0n) is 10.3. The summed E-state index contributed by atoms with van der Waals surface area (Å²) in [5.41, 5.74) is 7.10. The van der Waals surface area contributed by atoms with Crippen LogP contribution >= 0.6 is 22.6 Å². The fraction of sp³-hybridized carbons (Fsp3) is 0.417. The lowest BCUT2D eigenvalue weighted by atomic mass is 9.82. The van der Waals surface area contributed by atoms with Crippen LogP contribution in [0, 0.1) is 20.4 Å². The summed E-state index contributed by atoms with van der Waals surface area (Å²) in [6.07, 6.45) is 0. The third-order valence-corrected chi connectivity index (χ3v) is 3.77. The number of hydrogen-bond acceptors (Lipinski definition) is 4. The number of nitrogens with one attached hydrogen (secondary N) is 1. The SMILES string of the molecule is CC(C)(C)C1NC(=O)c2c(N)nc(I)c(C#N)c21. The van der Waals surface area contributed by atoms with Crippen molar-refractivity contribution in [3.63, 3.8) is 0 Å². The van der Waals surface area contributed by atoms with Crippen LogP contribution in [0.3, 0.4) is 0 Å². The summed E-state index contributed by atoms with van der Waals surface area (Å²) in [5, 5.41) is 12.2. The largest absolute Gasteiger partial charge is 0.383 e. The fourth-order valence-electron chi connectivity index (χ4n) is 2.15. The third-order valence-electron chi connectivity index (χ3n) is 2.99. The van der Waals surface area contributed by atoms with E-state index in [1.54, 1.807) is 0 Å². The summed E-state index contributed by atoms with van der Waals surface area (Å²) in [5.74, 6) is -0.0551. The Balaban J connectivity index is 2.80. The van der Waals surface area contributed by atoms with Gasteiger partial charge >= 0.3 is 0 Å². The van der Waals surface area contributed by atoms with E-state index in [1.807, 2.05) is 43.4 Å². The predicted octanol–water partition coefficient (Wildman–Crippen LogP) is 1.97. The van der Waals surface area contributed by atoms with Crippen LogP contribution in [0.15, 0.2) is 0 Å². The molecular weight excluding hydrogens is 343 g/mol. The number of amides is 1. The molecule has 2 rings (SSSR count).